The van der Waals surface area contributed by atoms with Crippen LogP contribution in [0.5, 0.6) is 11.5 Å². The molecule has 6 nitrogen and oxygen atoms in total. The average molecular weight is 277 g/mol. The van der Waals surface area contributed by atoms with E-state index in [2.05, 4.69) is 15.5 Å². The van der Waals surface area contributed by atoms with Crippen LogP contribution in [0.25, 0.3) is 0 Å². The van der Waals surface area contributed by atoms with Crippen LogP contribution in [0.1, 0.15) is 24.3 Å². The standard InChI is InChI=1S/C14H19N3O3/c1-4-13-16-17-14(20-13)9-19-11-6-5-10(8-15-2)7-12(11)18-3/h5-7,15H,4,8-9H2,1-3H3. The molecule has 0 bridgehead atoms. The van der Waals surface area contributed by atoms with Gasteiger partial charge in [-0.3, -0.25) is 0 Å². The molecule has 0 amide bonds. The first kappa shape index (κ1) is 14.3. The van der Waals surface area contributed by atoms with Gasteiger partial charge in [0.05, 0.1) is 7.11 Å². The normalized spacial score (nSPS) is 10.6. The van der Waals surface area contributed by atoms with Crippen LogP contribution in [-0.4, -0.2) is 24.4 Å². The number of aryl methyl sites for hydroxylation is 1. The quantitative estimate of drug-likeness (QED) is 0.834. The summed E-state index contributed by atoms with van der Waals surface area (Å²) in [4.78, 5) is 0. The lowest BCUT2D eigenvalue weighted by molar-refractivity contribution is 0.247. The van der Waals surface area contributed by atoms with Crippen molar-refractivity contribution in [2.24, 2.45) is 0 Å². The molecule has 0 aliphatic carbocycles. The molecule has 0 aliphatic heterocycles. The number of rotatable bonds is 7. The van der Waals surface area contributed by atoms with Crippen LogP contribution in [-0.2, 0) is 19.6 Å². The first-order chi connectivity index (χ1) is 9.76. The zero-order valence-electron chi connectivity index (χ0n) is 12.0. The zero-order chi connectivity index (χ0) is 14.4. The largest absolute Gasteiger partial charge is 0.493 e. The molecule has 0 radical (unpaired) electrons. The third-order valence-corrected chi connectivity index (χ3v) is 2.77. The van der Waals surface area contributed by atoms with Crippen LogP contribution in [0, 0.1) is 0 Å². The molecule has 1 heterocycles. The maximum absolute atomic E-state index is 5.66. The van der Waals surface area contributed by atoms with E-state index in [-0.39, 0.29) is 6.61 Å². The monoisotopic (exact) mass is 277 g/mol. The van der Waals surface area contributed by atoms with Gasteiger partial charge in [-0.2, -0.15) is 0 Å². The third kappa shape index (κ3) is 3.48. The third-order valence-electron chi connectivity index (χ3n) is 2.77. The van der Waals surface area contributed by atoms with E-state index in [1.54, 1.807) is 7.11 Å². The summed E-state index contributed by atoms with van der Waals surface area (Å²) in [6.45, 7) is 2.97. The minimum absolute atomic E-state index is 0.231. The molecule has 0 atom stereocenters. The van der Waals surface area contributed by atoms with E-state index in [0.29, 0.717) is 23.3 Å². The van der Waals surface area contributed by atoms with Crippen LogP contribution in [0.15, 0.2) is 22.6 Å². The topological polar surface area (TPSA) is 69.4 Å². The van der Waals surface area contributed by atoms with Crippen molar-refractivity contribution in [2.45, 2.75) is 26.5 Å². The van der Waals surface area contributed by atoms with Crippen molar-refractivity contribution in [3.63, 3.8) is 0 Å². The van der Waals surface area contributed by atoms with E-state index in [4.69, 9.17) is 13.9 Å². The molecule has 108 valence electrons. The van der Waals surface area contributed by atoms with Gasteiger partial charge in [0.2, 0.25) is 5.89 Å². The molecular formula is C14H19N3O3. The Hall–Kier alpha value is -2.08. The van der Waals surface area contributed by atoms with Crippen LogP contribution in [0.4, 0.5) is 0 Å². The van der Waals surface area contributed by atoms with Crippen molar-refractivity contribution in [1.82, 2.24) is 15.5 Å². The van der Waals surface area contributed by atoms with Crippen molar-refractivity contribution >= 4 is 0 Å². The summed E-state index contributed by atoms with van der Waals surface area (Å²) in [6, 6.07) is 5.80. The molecular weight excluding hydrogens is 258 g/mol. The highest BCUT2D eigenvalue weighted by atomic mass is 16.5. The van der Waals surface area contributed by atoms with Gasteiger partial charge < -0.3 is 19.2 Å². The highest BCUT2D eigenvalue weighted by Gasteiger charge is 2.09. The summed E-state index contributed by atoms with van der Waals surface area (Å²) in [5.41, 5.74) is 1.13. The van der Waals surface area contributed by atoms with E-state index in [0.717, 1.165) is 18.5 Å². The van der Waals surface area contributed by atoms with Gasteiger partial charge in [-0.05, 0) is 24.7 Å². The predicted molar refractivity (Wildman–Crippen MR) is 73.8 cm³/mol. The molecule has 1 N–H and O–H groups in total. The Morgan fingerprint density at radius 3 is 2.65 bits per heavy atom. The van der Waals surface area contributed by atoms with Gasteiger partial charge in [-0.1, -0.05) is 13.0 Å². The summed E-state index contributed by atoms with van der Waals surface area (Å²) in [6.07, 6.45) is 0.717. The lowest BCUT2D eigenvalue weighted by Gasteiger charge is -2.10. The van der Waals surface area contributed by atoms with Gasteiger partial charge in [0.1, 0.15) is 0 Å². The lowest BCUT2D eigenvalue weighted by Crippen LogP contribution is -2.05. The molecule has 1 aromatic carbocycles. The van der Waals surface area contributed by atoms with E-state index in [1.807, 2.05) is 32.2 Å². The van der Waals surface area contributed by atoms with Gasteiger partial charge in [0.25, 0.3) is 5.89 Å². The van der Waals surface area contributed by atoms with Gasteiger partial charge >= 0.3 is 0 Å². The molecule has 0 unspecified atom stereocenters. The van der Waals surface area contributed by atoms with Gasteiger partial charge in [0.15, 0.2) is 18.1 Å². The van der Waals surface area contributed by atoms with Crippen LogP contribution >= 0.6 is 0 Å². The fourth-order valence-corrected chi connectivity index (χ4v) is 1.77. The van der Waals surface area contributed by atoms with Crippen molar-refractivity contribution in [2.75, 3.05) is 14.2 Å². The Morgan fingerprint density at radius 2 is 2.00 bits per heavy atom. The van der Waals surface area contributed by atoms with Crippen LogP contribution < -0.4 is 14.8 Å². The highest BCUT2D eigenvalue weighted by molar-refractivity contribution is 5.42. The second kappa shape index (κ2) is 6.91. The maximum atomic E-state index is 5.66. The molecule has 0 saturated heterocycles. The molecule has 2 rings (SSSR count). The van der Waals surface area contributed by atoms with E-state index < -0.39 is 0 Å². The molecule has 0 saturated carbocycles. The molecule has 0 aliphatic rings. The number of nitrogens with one attached hydrogen (secondary N) is 1. The maximum Gasteiger partial charge on any atom is 0.253 e. The highest BCUT2D eigenvalue weighted by Crippen LogP contribution is 2.28. The SMILES string of the molecule is CCc1nnc(COc2ccc(CNC)cc2OC)o1. The van der Waals surface area contributed by atoms with Crippen LogP contribution in [0.2, 0.25) is 0 Å². The van der Waals surface area contributed by atoms with E-state index >= 15 is 0 Å². The minimum atomic E-state index is 0.231. The average Bonchev–Trinajstić information content (AvgIpc) is 2.94. The summed E-state index contributed by atoms with van der Waals surface area (Å²) in [7, 11) is 3.52. The Bertz CT molecular complexity index is 554. The summed E-state index contributed by atoms with van der Waals surface area (Å²) < 4.78 is 16.4. The molecule has 6 heteroatoms. The van der Waals surface area contributed by atoms with Gasteiger partial charge in [0, 0.05) is 13.0 Å². The van der Waals surface area contributed by atoms with E-state index in [1.165, 1.54) is 0 Å². The first-order valence-electron chi connectivity index (χ1n) is 6.52. The van der Waals surface area contributed by atoms with Crippen molar-refractivity contribution in [3.8, 4) is 11.5 Å². The molecule has 20 heavy (non-hydrogen) atoms. The predicted octanol–water partition coefficient (Wildman–Crippen LogP) is 1.94. The van der Waals surface area contributed by atoms with Gasteiger partial charge in [-0.25, -0.2) is 0 Å². The minimum Gasteiger partial charge on any atom is -0.493 e. The Morgan fingerprint density at radius 1 is 1.20 bits per heavy atom. The Balaban J connectivity index is 2.04. The molecule has 2 aromatic rings. The Labute approximate surface area is 118 Å². The number of methoxy groups -OCH3 is 1. The number of hydrogen-bond acceptors (Lipinski definition) is 6. The number of benzene rings is 1. The van der Waals surface area contributed by atoms with E-state index in [9.17, 15) is 0 Å². The van der Waals surface area contributed by atoms with Crippen molar-refractivity contribution in [1.29, 1.82) is 0 Å². The first-order valence-corrected chi connectivity index (χ1v) is 6.52. The fraction of sp³-hybridized carbons (Fsp3) is 0.429. The second-order valence-corrected chi connectivity index (χ2v) is 4.25. The molecule has 0 spiro atoms. The number of nitrogens with zero attached hydrogens (tertiary/aromatic N) is 2. The lowest BCUT2D eigenvalue weighted by atomic mass is 10.2. The van der Waals surface area contributed by atoms with Gasteiger partial charge in [-0.15, -0.1) is 10.2 Å². The Kier molecular flexibility index (Phi) is 4.95. The van der Waals surface area contributed by atoms with Crippen LogP contribution in [0.3, 0.4) is 0 Å². The molecule has 0 fully saturated rings. The van der Waals surface area contributed by atoms with Crippen molar-refractivity contribution in [3.05, 3.63) is 35.5 Å². The molecule has 1 aromatic heterocycles. The summed E-state index contributed by atoms with van der Waals surface area (Å²) in [5, 5.41) is 10.9. The number of aromatic nitrogens is 2. The summed E-state index contributed by atoms with van der Waals surface area (Å²) >= 11 is 0. The second-order valence-electron chi connectivity index (χ2n) is 4.25. The summed E-state index contributed by atoms with van der Waals surface area (Å²) in [5.74, 6) is 2.42. The van der Waals surface area contributed by atoms with Crippen molar-refractivity contribution < 1.29 is 13.9 Å². The zero-order valence-corrected chi connectivity index (χ0v) is 12.0. The number of hydrogen-bond donors (Lipinski definition) is 1. The fourth-order valence-electron chi connectivity index (χ4n) is 1.77. The number of ether oxygens (including phenoxy) is 2. The smallest absolute Gasteiger partial charge is 0.253 e.